The number of carbonyl (C=O) groups excluding carboxylic acids is 2. The van der Waals surface area contributed by atoms with Crippen molar-refractivity contribution < 1.29 is 38.8 Å². The maximum absolute atomic E-state index is 11.3. The average molecular weight is 527 g/mol. The molecule has 8 N–H and O–H groups in total. The van der Waals surface area contributed by atoms with E-state index >= 15 is 0 Å². The van der Waals surface area contributed by atoms with E-state index in [1.807, 2.05) is 6.92 Å². The molecule has 0 aliphatic rings. The molecule has 0 unspecified atom stereocenters. The fourth-order valence-electron chi connectivity index (χ4n) is 2.78. The van der Waals surface area contributed by atoms with E-state index in [0.29, 0.717) is 32.4 Å². The third-order valence-corrected chi connectivity index (χ3v) is 5.53. The van der Waals surface area contributed by atoms with Gasteiger partial charge in [0.1, 0.15) is 5.78 Å². The Labute approximate surface area is 206 Å². The first-order valence-electron chi connectivity index (χ1n) is 9.56. The van der Waals surface area contributed by atoms with Gasteiger partial charge in [0, 0.05) is 28.5 Å². The molecule has 0 atom stereocenters. The topological polar surface area (TPSA) is 208 Å². The number of aromatic amines is 1. The van der Waals surface area contributed by atoms with E-state index in [1.54, 1.807) is 24.3 Å². The number of carbonyl (C=O) groups is 2. The minimum absolute atomic E-state index is 0.176. The Hall–Kier alpha value is -3.15. The summed E-state index contributed by atoms with van der Waals surface area (Å²) in [7, 11) is 0. The van der Waals surface area contributed by atoms with Crippen LogP contribution in [0.5, 0.6) is 0 Å². The number of H-pyrrole nitrogens is 1. The number of aryl methyl sites for hydroxylation is 1. The number of benzene rings is 2. The predicted octanol–water partition coefficient (Wildman–Crippen LogP) is 3.46. The van der Waals surface area contributed by atoms with Gasteiger partial charge in [-0.15, -0.1) is 8.67 Å². The molecule has 0 aliphatic carbocycles. The normalized spacial score (nSPS) is 10.5. The van der Waals surface area contributed by atoms with Crippen LogP contribution in [0.3, 0.4) is 0 Å². The first kappa shape index (κ1) is 28.1. The fraction of sp³-hybridized carbons (Fsp3) is 0.150. The first-order valence-corrected chi connectivity index (χ1v) is 11.0. The standard InChI is InChI=1S/C10H12N2O5S.C10H10N2O4S/c1-6(13)4-10(14)12-7-2-3-9(8(11)5-7)18-17-16-15;1-5-2-10(13)12-8-4-7(11)9(3-6(5)8)17-16-15-14/h2-3,5,15H,4,11H2,1H3,(H,12,14);2-4,14H,11H2,1H3,(H,12,13). The van der Waals surface area contributed by atoms with Crippen LogP contribution in [0.2, 0.25) is 0 Å². The van der Waals surface area contributed by atoms with Crippen molar-refractivity contribution in [3.63, 3.8) is 0 Å². The number of Topliss-reactive ketones (excluding diaryl/α,β-unsaturated/α-hetero) is 1. The number of nitrogens with two attached hydrogens (primary N) is 2. The lowest BCUT2D eigenvalue weighted by atomic mass is 10.1. The van der Waals surface area contributed by atoms with Crippen LogP contribution >= 0.6 is 24.1 Å². The summed E-state index contributed by atoms with van der Waals surface area (Å²) in [6, 6.07) is 9.53. The number of nitrogens with one attached hydrogen (secondary N) is 2. The molecule has 0 saturated carbocycles. The molecular formula is C20H22N4O9S2. The molecule has 15 heteroatoms. The number of hydrogen-bond acceptors (Lipinski definition) is 13. The molecule has 0 aliphatic heterocycles. The van der Waals surface area contributed by atoms with Crippen LogP contribution in [0.15, 0.2) is 51.0 Å². The molecule has 3 rings (SSSR count). The third-order valence-electron chi connectivity index (χ3n) is 4.19. The minimum Gasteiger partial charge on any atom is -0.398 e. The zero-order valence-corrected chi connectivity index (χ0v) is 20.0. The molecule has 0 saturated heterocycles. The average Bonchev–Trinajstić information content (AvgIpc) is 2.77. The maximum Gasteiger partial charge on any atom is 0.248 e. The summed E-state index contributed by atoms with van der Waals surface area (Å²) >= 11 is 1.51. The van der Waals surface area contributed by atoms with E-state index in [-0.39, 0.29) is 17.8 Å². The van der Waals surface area contributed by atoms with Crippen LogP contribution in [0, 0.1) is 6.92 Å². The number of hydrogen-bond donors (Lipinski definition) is 6. The number of ketones is 1. The van der Waals surface area contributed by atoms with E-state index in [1.165, 1.54) is 19.1 Å². The maximum atomic E-state index is 11.3. The Morgan fingerprint density at radius 1 is 1.00 bits per heavy atom. The van der Waals surface area contributed by atoms with Crippen molar-refractivity contribution in [1.29, 1.82) is 0 Å². The van der Waals surface area contributed by atoms with Gasteiger partial charge >= 0.3 is 0 Å². The van der Waals surface area contributed by atoms with Crippen molar-refractivity contribution >= 4 is 63.7 Å². The van der Waals surface area contributed by atoms with E-state index in [4.69, 9.17) is 22.0 Å². The van der Waals surface area contributed by atoms with Gasteiger partial charge in [0.25, 0.3) is 0 Å². The van der Waals surface area contributed by atoms with Gasteiger partial charge in [0.2, 0.25) is 11.5 Å². The van der Waals surface area contributed by atoms with Crippen molar-refractivity contribution in [3.8, 4) is 0 Å². The Bertz CT molecular complexity index is 1250. The number of nitrogen functional groups attached to an aromatic ring is 2. The molecule has 0 spiro atoms. The minimum atomic E-state index is -0.405. The quantitative estimate of drug-likeness (QED) is 0.0776. The molecule has 0 radical (unpaired) electrons. The highest BCUT2D eigenvalue weighted by Gasteiger charge is 2.09. The molecule has 0 fully saturated rings. The molecule has 1 amide bonds. The van der Waals surface area contributed by atoms with Crippen LogP contribution < -0.4 is 22.3 Å². The second-order valence-corrected chi connectivity index (χ2v) is 8.37. The Morgan fingerprint density at radius 3 is 2.23 bits per heavy atom. The Balaban J connectivity index is 0.000000247. The van der Waals surface area contributed by atoms with Gasteiger partial charge in [-0.25, -0.2) is 10.5 Å². The summed E-state index contributed by atoms with van der Waals surface area (Å²) in [4.78, 5) is 37.2. The van der Waals surface area contributed by atoms with Gasteiger partial charge in [0.15, 0.2) is 0 Å². The molecule has 13 nitrogen and oxygen atoms in total. The van der Waals surface area contributed by atoms with E-state index in [0.717, 1.165) is 35.0 Å². The SMILES string of the molecule is CC(=O)CC(=O)Nc1ccc(SOOO)c(N)c1.Cc1cc(=O)[nH]c2cc(N)c(SOOO)cc12. The monoisotopic (exact) mass is 526 g/mol. The van der Waals surface area contributed by atoms with Crippen LogP contribution in [0.1, 0.15) is 18.9 Å². The lowest BCUT2D eigenvalue weighted by Gasteiger charge is -2.07. The molecule has 0 bridgehead atoms. The highest BCUT2D eigenvalue weighted by atomic mass is 32.2. The Kier molecular flexibility index (Phi) is 11.0. The number of aromatic nitrogens is 1. The number of fused-ring (bicyclic) bond motifs is 1. The smallest absolute Gasteiger partial charge is 0.248 e. The molecule has 1 heterocycles. The summed E-state index contributed by atoms with van der Waals surface area (Å²) in [6.45, 7) is 3.16. The Morgan fingerprint density at radius 2 is 1.63 bits per heavy atom. The van der Waals surface area contributed by atoms with Crippen LogP contribution in [0.4, 0.5) is 17.1 Å². The van der Waals surface area contributed by atoms with Crippen LogP contribution in [-0.4, -0.2) is 27.2 Å². The van der Waals surface area contributed by atoms with Crippen molar-refractivity contribution in [2.24, 2.45) is 0 Å². The van der Waals surface area contributed by atoms with Crippen molar-refractivity contribution in [2.45, 2.75) is 30.1 Å². The highest BCUT2D eigenvalue weighted by molar-refractivity contribution is 7.95. The van der Waals surface area contributed by atoms with Gasteiger partial charge in [0.05, 0.1) is 45.8 Å². The third kappa shape index (κ3) is 8.85. The molecule has 1 aromatic heterocycles. The van der Waals surface area contributed by atoms with Gasteiger partial charge in [-0.1, -0.05) is 10.1 Å². The van der Waals surface area contributed by atoms with Crippen LogP contribution in [0.25, 0.3) is 10.9 Å². The highest BCUT2D eigenvalue weighted by Crippen LogP contribution is 2.31. The summed E-state index contributed by atoms with van der Waals surface area (Å²) in [5.41, 5.74) is 14.0. The van der Waals surface area contributed by atoms with Crippen molar-refractivity contribution in [1.82, 2.24) is 4.98 Å². The first-order chi connectivity index (χ1) is 16.6. The summed E-state index contributed by atoms with van der Waals surface area (Å²) in [5.74, 6) is -0.626. The van der Waals surface area contributed by atoms with Gasteiger partial charge in [-0.05, 0) is 49.7 Å². The zero-order chi connectivity index (χ0) is 26.0. The van der Waals surface area contributed by atoms with Gasteiger partial charge < -0.3 is 21.8 Å². The summed E-state index contributed by atoms with van der Waals surface area (Å²) < 4.78 is 8.57. The second kappa shape index (κ2) is 13.7. The molecular weight excluding hydrogens is 504 g/mol. The largest absolute Gasteiger partial charge is 0.398 e. The lowest BCUT2D eigenvalue weighted by molar-refractivity contribution is -0.432. The summed E-state index contributed by atoms with van der Waals surface area (Å²) in [5, 5.41) is 26.4. The number of amides is 1. The number of anilines is 3. The van der Waals surface area contributed by atoms with E-state index in [9.17, 15) is 14.4 Å². The van der Waals surface area contributed by atoms with Crippen molar-refractivity contribution in [3.05, 3.63) is 52.3 Å². The predicted molar refractivity (Wildman–Crippen MR) is 130 cm³/mol. The molecule has 3 aromatic rings. The van der Waals surface area contributed by atoms with E-state index < -0.39 is 5.91 Å². The molecule has 35 heavy (non-hydrogen) atoms. The number of pyridine rings is 1. The second-order valence-electron chi connectivity index (χ2n) is 6.88. The zero-order valence-electron chi connectivity index (χ0n) is 18.4. The fourth-order valence-corrected chi connectivity index (χ4v) is 3.59. The van der Waals surface area contributed by atoms with Crippen LogP contribution in [-0.2, 0) is 28.3 Å². The van der Waals surface area contributed by atoms with E-state index in [2.05, 4.69) is 29.0 Å². The van der Waals surface area contributed by atoms with Gasteiger partial charge in [-0.2, -0.15) is 0 Å². The molecule has 2 aromatic carbocycles. The molecule has 188 valence electrons. The summed E-state index contributed by atoms with van der Waals surface area (Å²) in [6.07, 6.45) is -0.183. The number of rotatable bonds is 9. The van der Waals surface area contributed by atoms with Gasteiger partial charge in [-0.3, -0.25) is 14.4 Å². The van der Waals surface area contributed by atoms with Crippen molar-refractivity contribution in [2.75, 3.05) is 16.8 Å². The lowest BCUT2D eigenvalue weighted by Crippen LogP contribution is -2.14.